The Bertz CT molecular complexity index is 529. The zero-order valence-electron chi connectivity index (χ0n) is 12.0. The second-order valence-corrected chi connectivity index (χ2v) is 6.31. The first-order chi connectivity index (χ1) is 9.40. The van der Waals surface area contributed by atoms with E-state index in [-0.39, 0.29) is 17.5 Å². The number of nitrogens with zero attached hydrogens (tertiary/aromatic N) is 3. The first-order valence-electron chi connectivity index (χ1n) is 6.60. The number of likely N-dealkylation sites (tertiary alicyclic amines) is 1. The Balaban J connectivity index is 2.30. The summed E-state index contributed by atoms with van der Waals surface area (Å²) in [4.78, 5) is 26.9. The summed E-state index contributed by atoms with van der Waals surface area (Å²) in [6.07, 6.45) is 2.11. The van der Waals surface area contributed by atoms with Gasteiger partial charge in [0.15, 0.2) is 10.8 Å². The Labute approximate surface area is 122 Å². The van der Waals surface area contributed by atoms with Crippen molar-refractivity contribution in [2.24, 2.45) is 0 Å². The van der Waals surface area contributed by atoms with Gasteiger partial charge in [-0.05, 0) is 33.4 Å². The van der Waals surface area contributed by atoms with Crippen molar-refractivity contribution in [1.29, 1.82) is 0 Å². The summed E-state index contributed by atoms with van der Waals surface area (Å²) in [6.45, 7) is 3.39. The summed E-state index contributed by atoms with van der Waals surface area (Å²) >= 11 is 1.22. The maximum absolute atomic E-state index is 11.4. The standard InChI is InChI=1S/C13H19N3O3S/c1-9(17)12-7-11(16(18)19)13(20-12)15(3)10-5-4-6-14(2)8-10/h7,10H,4-6,8H2,1-3H3. The van der Waals surface area contributed by atoms with Gasteiger partial charge in [0.1, 0.15) is 0 Å². The van der Waals surface area contributed by atoms with E-state index in [0.717, 1.165) is 25.9 Å². The fourth-order valence-corrected chi connectivity index (χ4v) is 3.60. The summed E-state index contributed by atoms with van der Waals surface area (Å²) in [7, 11) is 3.94. The van der Waals surface area contributed by atoms with Gasteiger partial charge in [0.05, 0.1) is 9.80 Å². The molecular formula is C13H19N3O3S. The van der Waals surface area contributed by atoms with Crippen molar-refractivity contribution in [2.75, 3.05) is 32.1 Å². The van der Waals surface area contributed by atoms with Crippen LogP contribution in [0.15, 0.2) is 6.07 Å². The Hall–Kier alpha value is -1.47. The molecule has 1 aromatic heterocycles. The van der Waals surface area contributed by atoms with Crippen molar-refractivity contribution in [3.63, 3.8) is 0 Å². The third kappa shape index (κ3) is 2.99. The van der Waals surface area contributed by atoms with Crippen LogP contribution in [0.1, 0.15) is 29.4 Å². The van der Waals surface area contributed by atoms with Gasteiger partial charge < -0.3 is 9.80 Å². The largest absolute Gasteiger partial charge is 0.357 e. The van der Waals surface area contributed by atoms with E-state index in [1.54, 1.807) is 0 Å². The van der Waals surface area contributed by atoms with Gasteiger partial charge in [0.25, 0.3) is 0 Å². The molecule has 2 rings (SSSR count). The SMILES string of the molecule is CC(=O)c1cc([N+](=O)[O-])c(N(C)C2CCCN(C)C2)s1. The predicted octanol–water partition coefficient (Wildman–Crippen LogP) is 2.39. The van der Waals surface area contributed by atoms with E-state index in [0.29, 0.717) is 9.88 Å². The minimum atomic E-state index is -0.401. The number of rotatable bonds is 4. The Morgan fingerprint density at radius 3 is 2.85 bits per heavy atom. The van der Waals surface area contributed by atoms with Crippen LogP contribution in [0.25, 0.3) is 0 Å². The molecule has 110 valence electrons. The van der Waals surface area contributed by atoms with E-state index in [2.05, 4.69) is 11.9 Å². The average molecular weight is 297 g/mol. The summed E-state index contributed by atoms with van der Waals surface area (Å²) in [6, 6.07) is 1.65. The number of hydrogen-bond donors (Lipinski definition) is 0. The number of thiophene rings is 1. The van der Waals surface area contributed by atoms with E-state index in [9.17, 15) is 14.9 Å². The smallest absolute Gasteiger partial charge is 0.304 e. The highest BCUT2D eigenvalue weighted by Crippen LogP contribution is 2.39. The molecule has 2 heterocycles. The number of piperidine rings is 1. The highest BCUT2D eigenvalue weighted by atomic mass is 32.1. The Kier molecular flexibility index (Phi) is 4.39. The topological polar surface area (TPSA) is 66.7 Å². The Morgan fingerprint density at radius 2 is 2.30 bits per heavy atom. The molecule has 0 saturated carbocycles. The highest BCUT2D eigenvalue weighted by Gasteiger charge is 2.29. The van der Waals surface area contributed by atoms with Gasteiger partial charge in [-0.15, -0.1) is 11.3 Å². The second-order valence-electron chi connectivity index (χ2n) is 5.28. The summed E-state index contributed by atoms with van der Waals surface area (Å²) in [5.41, 5.74) is 0.0379. The van der Waals surface area contributed by atoms with Gasteiger partial charge in [0.2, 0.25) is 0 Å². The minimum Gasteiger partial charge on any atom is -0.357 e. The summed E-state index contributed by atoms with van der Waals surface area (Å²) < 4.78 is 0. The number of ketones is 1. The minimum absolute atomic E-state index is 0.0379. The predicted molar refractivity (Wildman–Crippen MR) is 79.9 cm³/mol. The number of hydrogen-bond acceptors (Lipinski definition) is 6. The van der Waals surface area contributed by atoms with Crippen LogP contribution in [0.5, 0.6) is 0 Å². The molecule has 0 aromatic carbocycles. The van der Waals surface area contributed by atoms with Crippen molar-refractivity contribution in [3.05, 3.63) is 21.1 Å². The molecule has 1 fully saturated rings. The number of Topliss-reactive ketones (excluding diaryl/α,β-unsaturated/α-hetero) is 1. The van der Waals surface area contributed by atoms with Crippen molar-refractivity contribution >= 4 is 27.8 Å². The average Bonchev–Trinajstić information content (AvgIpc) is 2.83. The monoisotopic (exact) mass is 297 g/mol. The molecule has 1 aliphatic rings. The lowest BCUT2D eigenvalue weighted by Crippen LogP contribution is -2.44. The molecule has 0 N–H and O–H groups in total. The van der Waals surface area contributed by atoms with Gasteiger partial charge in [-0.25, -0.2) is 0 Å². The highest BCUT2D eigenvalue weighted by molar-refractivity contribution is 7.18. The first-order valence-corrected chi connectivity index (χ1v) is 7.42. The molecule has 1 atom stereocenters. The van der Waals surface area contributed by atoms with Crippen LogP contribution in [-0.4, -0.2) is 48.8 Å². The molecule has 0 aliphatic carbocycles. The van der Waals surface area contributed by atoms with E-state index in [1.165, 1.54) is 24.3 Å². The first kappa shape index (κ1) is 14.9. The van der Waals surface area contributed by atoms with Gasteiger partial charge in [0, 0.05) is 25.7 Å². The molecule has 0 bridgehead atoms. The molecule has 7 heteroatoms. The molecular weight excluding hydrogens is 278 g/mol. The molecule has 0 radical (unpaired) electrons. The molecule has 1 aromatic rings. The molecule has 1 saturated heterocycles. The van der Waals surface area contributed by atoms with Crippen molar-refractivity contribution in [1.82, 2.24) is 4.90 Å². The number of anilines is 1. The molecule has 1 unspecified atom stereocenters. The van der Waals surface area contributed by atoms with Gasteiger partial charge >= 0.3 is 5.69 Å². The summed E-state index contributed by atoms with van der Waals surface area (Å²) in [5.74, 6) is -0.126. The molecule has 0 spiro atoms. The van der Waals surface area contributed by atoms with E-state index in [1.807, 2.05) is 11.9 Å². The van der Waals surface area contributed by atoms with Crippen molar-refractivity contribution in [2.45, 2.75) is 25.8 Å². The molecule has 6 nitrogen and oxygen atoms in total. The molecule has 0 amide bonds. The van der Waals surface area contributed by atoms with Gasteiger partial charge in [-0.1, -0.05) is 0 Å². The maximum atomic E-state index is 11.4. The number of nitro groups is 1. The van der Waals surface area contributed by atoms with Crippen LogP contribution < -0.4 is 4.90 Å². The fraction of sp³-hybridized carbons (Fsp3) is 0.615. The lowest BCUT2D eigenvalue weighted by molar-refractivity contribution is -0.383. The van der Waals surface area contributed by atoms with Gasteiger partial charge in [-0.3, -0.25) is 14.9 Å². The van der Waals surface area contributed by atoms with Crippen molar-refractivity contribution in [3.8, 4) is 0 Å². The number of carbonyl (C=O) groups excluding carboxylic acids is 1. The second kappa shape index (κ2) is 5.88. The molecule has 20 heavy (non-hydrogen) atoms. The summed E-state index contributed by atoms with van der Waals surface area (Å²) in [5, 5.41) is 11.8. The lowest BCUT2D eigenvalue weighted by atomic mass is 10.1. The van der Waals surface area contributed by atoms with Crippen molar-refractivity contribution < 1.29 is 9.72 Å². The van der Waals surface area contributed by atoms with Crippen LogP contribution in [0, 0.1) is 10.1 Å². The quantitative estimate of drug-likeness (QED) is 0.485. The van der Waals surface area contributed by atoms with E-state index < -0.39 is 4.92 Å². The molecule has 1 aliphatic heterocycles. The third-order valence-electron chi connectivity index (χ3n) is 3.70. The van der Waals surface area contributed by atoms with Crippen LogP contribution in [-0.2, 0) is 0 Å². The third-order valence-corrected chi connectivity index (χ3v) is 5.02. The fourth-order valence-electron chi connectivity index (χ4n) is 2.55. The maximum Gasteiger partial charge on any atom is 0.304 e. The van der Waals surface area contributed by atoms with E-state index >= 15 is 0 Å². The number of carbonyl (C=O) groups is 1. The van der Waals surface area contributed by atoms with Gasteiger partial charge in [-0.2, -0.15) is 0 Å². The van der Waals surface area contributed by atoms with E-state index in [4.69, 9.17) is 0 Å². The van der Waals surface area contributed by atoms with Crippen LogP contribution in [0.4, 0.5) is 10.7 Å². The Morgan fingerprint density at radius 1 is 1.60 bits per heavy atom. The van der Waals surface area contributed by atoms with Crippen LogP contribution in [0.3, 0.4) is 0 Å². The van der Waals surface area contributed by atoms with Crippen LogP contribution in [0.2, 0.25) is 0 Å². The lowest BCUT2D eigenvalue weighted by Gasteiger charge is -2.36. The number of likely N-dealkylation sites (N-methyl/N-ethyl adjacent to an activating group) is 2. The zero-order valence-corrected chi connectivity index (χ0v) is 12.8. The van der Waals surface area contributed by atoms with Crippen LogP contribution >= 0.6 is 11.3 Å². The normalized spacial score (nSPS) is 19.9. The zero-order chi connectivity index (χ0) is 14.9.